The molecule has 0 aliphatic heterocycles. The van der Waals surface area contributed by atoms with E-state index in [1.807, 2.05) is 0 Å². The van der Waals surface area contributed by atoms with Crippen LogP contribution >= 0.6 is 0 Å². The van der Waals surface area contributed by atoms with E-state index in [2.05, 4.69) is 10.1 Å². The highest BCUT2D eigenvalue weighted by atomic mass is 19.4. The van der Waals surface area contributed by atoms with Gasteiger partial charge in [0, 0.05) is 13.5 Å². The van der Waals surface area contributed by atoms with Gasteiger partial charge in [-0.05, 0) is 20.3 Å². The summed E-state index contributed by atoms with van der Waals surface area (Å²) in [7, 11) is 1.27. The van der Waals surface area contributed by atoms with Crippen molar-refractivity contribution in [1.29, 1.82) is 5.41 Å². The zero-order valence-corrected chi connectivity index (χ0v) is 13.6. The van der Waals surface area contributed by atoms with Gasteiger partial charge in [0.05, 0.1) is 12.6 Å². The van der Waals surface area contributed by atoms with Gasteiger partial charge in [0.25, 0.3) is 0 Å². The lowest BCUT2D eigenvalue weighted by atomic mass is 10.1. The SMILES string of the molecule is CO[C@@H](C)C(=O)N[C@@H](CCC(=O)C=N)C(=O)O[C@@H](C)CC(F)(F)F. The Bertz CT molecular complexity index is 468. The largest absolute Gasteiger partial charge is 0.461 e. The summed E-state index contributed by atoms with van der Waals surface area (Å²) in [6, 6.07) is -1.31. The molecule has 0 aliphatic carbocycles. The number of hydrogen-bond donors (Lipinski definition) is 2. The van der Waals surface area contributed by atoms with Gasteiger partial charge in [0.1, 0.15) is 18.2 Å². The number of esters is 1. The van der Waals surface area contributed by atoms with Gasteiger partial charge in [-0.15, -0.1) is 0 Å². The predicted molar refractivity (Wildman–Crippen MR) is 77.7 cm³/mol. The van der Waals surface area contributed by atoms with Gasteiger partial charge in [-0.25, -0.2) is 4.79 Å². The third-order valence-corrected chi connectivity index (χ3v) is 3.00. The molecule has 0 fully saturated rings. The van der Waals surface area contributed by atoms with Crippen LogP contribution < -0.4 is 5.32 Å². The Labute approximate surface area is 137 Å². The van der Waals surface area contributed by atoms with Gasteiger partial charge in [-0.2, -0.15) is 13.2 Å². The van der Waals surface area contributed by atoms with Crippen molar-refractivity contribution in [3.05, 3.63) is 0 Å². The van der Waals surface area contributed by atoms with Crippen molar-refractivity contribution in [2.75, 3.05) is 7.11 Å². The fourth-order valence-electron chi connectivity index (χ4n) is 1.65. The average molecular weight is 354 g/mol. The number of methoxy groups -OCH3 is 1. The number of ether oxygens (including phenoxy) is 2. The minimum Gasteiger partial charge on any atom is -0.461 e. The van der Waals surface area contributed by atoms with Gasteiger partial charge in [-0.1, -0.05) is 0 Å². The highest BCUT2D eigenvalue weighted by Crippen LogP contribution is 2.23. The van der Waals surface area contributed by atoms with Crippen molar-refractivity contribution in [3.8, 4) is 0 Å². The van der Waals surface area contributed by atoms with Crippen molar-refractivity contribution in [2.45, 2.75) is 57.5 Å². The number of ketones is 1. The molecule has 0 rings (SSSR count). The van der Waals surface area contributed by atoms with Gasteiger partial charge >= 0.3 is 12.1 Å². The topological polar surface area (TPSA) is 106 Å². The summed E-state index contributed by atoms with van der Waals surface area (Å²) in [6.07, 6.45) is -8.05. The predicted octanol–water partition coefficient (Wildman–Crippen LogP) is 1.39. The number of halogens is 3. The Kier molecular flexibility index (Phi) is 9.19. The first-order valence-electron chi connectivity index (χ1n) is 7.13. The number of amides is 1. The smallest absolute Gasteiger partial charge is 0.392 e. The van der Waals surface area contributed by atoms with E-state index in [1.165, 1.54) is 14.0 Å². The Morgan fingerprint density at radius 1 is 1.25 bits per heavy atom. The molecule has 138 valence electrons. The molecule has 0 aromatic rings. The summed E-state index contributed by atoms with van der Waals surface area (Å²) in [5.41, 5.74) is 0. The van der Waals surface area contributed by atoms with E-state index in [4.69, 9.17) is 10.1 Å². The van der Waals surface area contributed by atoms with Gasteiger partial charge < -0.3 is 20.2 Å². The molecular formula is C14H21F3N2O5. The lowest BCUT2D eigenvalue weighted by molar-refractivity contribution is -0.172. The molecule has 24 heavy (non-hydrogen) atoms. The van der Waals surface area contributed by atoms with Crippen molar-refractivity contribution >= 4 is 23.9 Å². The van der Waals surface area contributed by atoms with Crippen molar-refractivity contribution in [1.82, 2.24) is 5.32 Å². The molecule has 0 aromatic carbocycles. The van der Waals surface area contributed by atoms with Crippen LogP contribution in [0.4, 0.5) is 13.2 Å². The first-order chi connectivity index (χ1) is 11.0. The maximum Gasteiger partial charge on any atom is 0.392 e. The summed E-state index contributed by atoms with van der Waals surface area (Å²) in [6.45, 7) is 2.48. The van der Waals surface area contributed by atoms with Gasteiger partial charge in [0.15, 0.2) is 5.78 Å². The zero-order valence-electron chi connectivity index (χ0n) is 13.6. The Balaban J connectivity index is 4.88. The first-order valence-corrected chi connectivity index (χ1v) is 7.13. The van der Waals surface area contributed by atoms with Crippen LogP contribution in [0.25, 0.3) is 0 Å². The molecule has 10 heteroatoms. The lowest BCUT2D eigenvalue weighted by Crippen LogP contribution is -2.47. The fourth-order valence-corrected chi connectivity index (χ4v) is 1.65. The summed E-state index contributed by atoms with van der Waals surface area (Å²) < 4.78 is 46.3. The number of nitrogens with one attached hydrogen (secondary N) is 2. The molecule has 0 saturated heterocycles. The van der Waals surface area contributed by atoms with E-state index in [0.717, 1.165) is 6.92 Å². The average Bonchev–Trinajstić information content (AvgIpc) is 2.47. The molecule has 0 heterocycles. The van der Waals surface area contributed by atoms with E-state index in [1.54, 1.807) is 0 Å². The van der Waals surface area contributed by atoms with Crippen LogP contribution in [0, 0.1) is 5.41 Å². The molecule has 0 aliphatic rings. The highest BCUT2D eigenvalue weighted by Gasteiger charge is 2.33. The third kappa shape index (κ3) is 9.23. The molecule has 0 aromatic heterocycles. The number of alkyl halides is 3. The molecule has 0 spiro atoms. The van der Waals surface area contributed by atoms with Crippen LogP contribution in [0.3, 0.4) is 0 Å². The van der Waals surface area contributed by atoms with Crippen LogP contribution in [0.15, 0.2) is 0 Å². The lowest BCUT2D eigenvalue weighted by Gasteiger charge is -2.22. The molecular weight excluding hydrogens is 333 g/mol. The minimum absolute atomic E-state index is 0.200. The quantitative estimate of drug-likeness (QED) is 0.456. The van der Waals surface area contributed by atoms with Crippen molar-refractivity contribution in [3.63, 3.8) is 0 Å². The number of carbonyl (C=O) groups excluding carboxylic acids is 3. The van der Waals surface area contributed by atoms with Crippen LogP contribution in [-0.2, 0) is 23.9 Å². The van der Waals surface area contributed by atoms with Crippen molar-refractivity contribution < 1.29 is 37.0 Å². The molecule has 0 bridgehead atoms. The summed E-state index contributed by atoms with van der Waals surface area (Å²) in [5.74, 6) is -2.35. The van der Waals surface area contributed by atoms with E-state index < -0.39 is 48.5 Å². The number of carbonyl (C=O) groups is 3. The molecule has 3 atom stereocenters. The molecule has 0 radical (unpaired) electrons. The maximum absolute atomic E-state index is 12.3. The van der Waals surface area contributed by atoms with Crippen LogP contribution in [0.5, 0.6) is 0 Å². The first kappa shape index (κ1) is 22.0. The Hall–Kier alpha value is -1.97. The second kappa shape index (κ2) is 10.0. The Morgan fingerprint density at radius 3 is 2.29 bits per heavy atom. The van der Waals surface area contributed by atoms with Crippen LogP contribution in [-0.4, -0.2) is 55.4 Å². The second-order valence-corrected chi connectivity index (χ2v) is 5.16. The number of Topliss-reactive ketones (excluding diaryl/α,β-unsaturated/α-hetero) is 1. The molecule has 2 N–H and O–H groups in total. The molecule has 1 amide bonds. The van der Waals surface area contributed by atoms with Gasteiger partial charge in [0.2, 0.25) is 5.91 Å². The number of rotatable bonds is 10. The maximum atomic E-state index is 12.3. The van der Waals surface area contributed by atoms with Gasteiger partial charge in [-0.3, -0.25) is 9.59 Å². The van der Waals surface area contributed by atoms with Crippen LogP contribution in [0.2, 0.25) is 0 Å². The van der Waals surface area contributed by atoms with E-state index in [0.29, 0.717) is 6.21 Å². The standard InChI is InChI=1S/C14H21F3N2O5/c1-8(6-14(15,16)17)24-13(22)11(5-4-10(20)7-18)19-12(21)9(2)23-3/h7-9,11,18H,4-6H2,1-3H3,(H,19,21)/t8-,9-,11-/m0/s1. The monoisotopic (exact) mass is 354 g/mol. The third-order valence-electron chi connectivity index (χ3n) is 3.00. The Morgan fingerprint density at radius 2 is 1.83 bits per heavy atom. The van der Waals surface area contributed by atoms with E-state index in [-0.39, 0.29) is 12.8 Å². The van der Waals surface area contributed by atoms with Crippen molar-refractivity contribution in [2.24, 2.45) is 0 Å². The minimum atomic E-state index is -4.50. The highest BCUT2D eigenvalue weighted by molar-refractivity contribution is 6.26. The second-order valence-electron chi connectivity index (χ2n) is 5.16. The van der Waals surface area contributed by atoms with Crippen LogP contribution in [0.1, 0.15) is 33.1 Å². The van der Waals surface area contributed by atoms with E-state index >= 15 is 0 Å². The van der Waals surface area contributed by atoms with E-state index in [9.17, 15) is 27.6 Å². The zero-order chi connectivity index (χ0) is 18.9. The summed E-state index contributed by atoms with van der Waals surface area (Å²) in [5, 5.41) is 9.06. The summed E-state index contributed by atoms with van der Waals surface area (Å²) in [4.78, 5) is 34.9. The molecule has 7 nitrogen and oxygen atoms in total. The molecule has 0 unspecified atom stereocenters. The fraction of sp³-hybridized carbons (Fsp3) is 0.714. The number of hydrogen-bond acceptors (Lipinski definition) is 6. The molecule has 0 saturated carbocycles. The summed E-state index contributed by atoms with van der Waals surface area (Å²) >= 11 is 0. The normalized spacial score (nSPS) is 15.1.